The van der Waals surface area contributed by atoms with Crippen molar-refractivity contribution in [3.05, 3.63) is 0 Å². The summed E-state index contributed by atoms with van der Waals surface area (Å²) in [5, 5.41) is 24.6. The maximum Gasteiger partial charge on any atom is 0.303 e. The van der Waals surface area contributed by atoms with Crippen LogP contribution < -0.4 is 49.1 Å². The third-order valence-corrected chi connectivity index (χ3v) is 7.77. The van der Waals surface area contributed by atoms with Crippen LogP contribution in [-0.2, 0) is 38.4 Å². The highest BCUT2D eigenvalue weighted by molar-refractivity contribution is 5.95. The van der Waals surface area contributed by atoms with Crippen LogP contribution in [-0.4, -0.2) is 101 Å². The lowest BCUT2D eigenvalue weighted by Crippen LogP contribution is -2.59. The summed E-state index contributed by atoms with van der Waals surface area (Å²) >= 11 is 0. The quantitative estimate of drug-likeness (QED) is 0.0303. The van der Waals surface area contributed by atoms with Gasteiger partial charge in [-0.3, -0.25) is 43.3 Å². The number of aliphatic carboxylic acids is 1. The van der Waals surface area contributed by atoms with Gasteiger partial charge in [0.2, 0.25) is 41.4 Å². The molecule has 19 heteroatoms. The number of rotatable bonds is 23. The van der Waals surface area contributed by atoms with Crippen LogP contribution in [0, 0.1) is 17.8 Å². The minimum Gasteiger partial charge on any atom is -0.481 e. The molecule has 0 heterocycles. The Kier molecular flexibility index (Phi) is 20.5. The van der Waals surface area contributed by atoms with Gasteiger partial charge in [0.15, 0.2) is 5.96 Å². The van der Waals surface area contributed by atoms with Crippen molar-refractivity contribution in [2.75, 3.05) is 6.54 Å². The smallest absolute Gasteiger partial charge is 0.303 e. The number of nitrogens with two attached hydrogens (primary N) is 3. The van der Waals surface area contributed by atoms with Crippen LogP contribution in [0.3, 0.4) is 0 Å². The molecule has 290 valence electrons. The molecule has 0 aliphatic heterocycles. The number of nitrogens with one attached hydrogen (secondary N) is 6. The summed E-state index contributed by atoms with van der Waals surface area (Å²) in [6.07, 6.45) is -0.0359. The van der Waals surface area contributed by atoms with Crippen LogP contribution in [0.5, 0.6) is 0 Å². The molecule has 0 rings (SSSR count). The summed E-state index contributed by atoms with van der Waals surface area (Å²) in [5.74, 6) is -7.43. The van der Waals surface area contributed by atoms with Crippen LogP contribution in [0.4, 0.5) is 0 Å². The highest BCUT2D eigenvalue weighted by Crippen LogP contribution is 2.16. The van der Waals surface area contributed by atoms with E-state index in [4.69, 9.17) is 22.3 Å². The Hall–Kier alpha value is -4.97. The van der Waals surface area contributed by atoms with E-state index in [1.165, 1.54) is 27.7 Å². The average molecular weight is 727 g/mol. The number of carboxylic acids is 1. The van der Waals surface area contributed by atoms with Gasteiger partial charge in [-0.1, -0.05) is 34.6 Å². The molecule has 0 aliphatic carbocycles. The van der Waals surface area contributed by atoms with Crippen molar-refractivity contribution in [3.8, 4) is 0 Å². The van der Waals surface area contributed by atoms with E-state index in [2.05, 4.69) is 36.9 Å². The number of aliphatic imine (C=N–C) groups is 1. The van der Waals surface area contributed by atoms with Crippen molar-refractivity contribution in [2.45, 2.75) is 124 Å². The molecule has 0 aromatic heterocycles. The Morgan fingerprint density at radius 2 is 1.20 bits per heavy atom. The molecule has 7 amide bonds. The molecule has 0 aromatic rings. The molecule has 13 N–H and O–H groups in total. The van der Waals surface area contributed by atoms with E-state index in [1.54, 1.807) is 13.8 Å². The summed E-state index contributed by atoms with van der Waals surface area (Å²) in [6.45, 7) is 12.9. The number of hydrogen-bond donors (Lipinski definition) is 10. The third-order valence-electron chi connectivity index (χ3n) is 7.77. The Morgan fingerprint density at radius 3 is 1.69 bits per heavy atom. The minimum absolute atomic E-state index is 0.0180. The molecule has 19 nitrogen and oxygen atoms in total. The Morgan fingerprint density at radius 1 is 0.647 bits per heavy atom. The average Bonchev–Trinajstić information content (AvgIpc) is 3.00. The zero-order chi connectivity index (χ0) is 39.6. The van der Waals surface area contributed by atoms with Gasteiger partial charge in [0, 0.05) is 25.9 Å². The highest BCUT2D eigenvalue weighted by atomic mass is 16.4. The maximum atomic E-state index is 13.7. The van der Waals surface area contributed by atoms with Crippen molar-refractivity contribution >= 4 is 53.3 Å². The van der Waals surface area contributed by atoms with Crippen molar-refractivity contribution in [2.24, 2.45) is 39.9 Å². The Bertz CT molecular complexity index is 1270. The van der Waals surface area contributed by atoms with Gasteiger partial charge in [0.05, 0.1) is 5.92 Å². The number of amides is 7. The molecule has 0 radical (unpaired) electrons. The molecule has 51 heavy (non-hydrogen) atoms. The summed E-state index contributed by atoms with van der Waals surface area (Å²) in [7, 11) is 0. The Labute approximate surface area is 298 Å². The van der Waals surface area contributed by atoms with E-state index in [1.807, 2.05) is 13.8 Å². The second-order valence-corrected chi connectivity index (χ2v) is 13.3. The van der Waals surface area contributed by atoms with Crippen LogP contribution >= 0.6 is 0 Å². The molecule has 0 aliphatic rings. The fourth-order valence-corrected chi connectivity index (χ4v) is 4.80. The van der Waals surface area contributed by atoms with Crippen molar-refractivity contribution in [1.82, 2.24) is 31.9 Å². The zero-order valence-corrected chi connectivity index (χ0v) is 30.8. The lowest BCUT2D eigenvalue weighted by atomic mass is 9.91. The summed E-state index contributed by atoms with van der Waals surface area (Å²) in [6, 6.07) is -6.39. The highest BCUT2D eigenvalue weighted by Gasteiger charge is 2.34. The first kappa shape index (κ1) is 46.0. The van der Waals surface area contributed by atoms with Crippen LogP contribution in [0.15, 0.2) is 4.99 Å². The lowest BCUT2D eigenvalue weighted by Gasteiger charge is -2.31. The second-order valence-electron chi connectivity index (χ2n) is 13.3. The zero-order valence-electron chi connectivity index (χ0n) is 30.8. The fourth-order valence-electron chi connectivity index (χ4n) is 4.80. The summed E-state index contributed by atoms with van der Waals surface area (Å²) in [4.78, 5) is 104. The molecule has 7 atom stereocenters. The van der Waals surface area contributed by atoms with Crippen LogP contribution in [0.25, 0.3) is 0 Å². The summed E-state index contributed by atoms with van der Waals surface area (Å²) < 4.78 is 0. The van der Waals surface area contributed by atoms with Crippen molar-refractivity contribution in [3.63, 3.8) is 0 Å². The van der Waals surface area contributed by atoms with E-state index in [0.29, 0.717) is 12.8 Å². The number of carbonyl (C=O) groups is 8. The van der Waals surface area contributed by atoms with Gasteiger partial charge in [-0.2, -0.15) is 0 Å². The van der Waals surface area contributed by atoms with Gasteiger partial charge in [-0.05, 0) is 51.4 Å². The minimum atomic E-state index is -1.32. The monoisotopic (exact) mass is 726 g/mol. The molecule has 0 unspecified atom stereocenters. The predicted octanol–water partition coefficient (Wildman–Crippen LogP) is -2.30. The van der Waals surface area contributed by atoms with Gasteiger partial charge >= 0.3 is 5.97 Å². The van der Waals surface area contributed by atoms with Gasteiger partial charge in [-0.15, -0.1) is 0 Å². The molecule has 0 fully saturated rings. The van der Waals surface area contributed by atoms with Gasteiger partial charge < -0.3 is 54.2 Å². The van der Waals surface area contributed by atoms with E-state index in [-0.39, 0.29) is 31.3 Å². The van der Waals surface area contributed by atoms with Crippen LogP contribution in [0.2, 0.25) is 0 Å². The maximum absolute atomic E-state index is 13.7. The van der Waals surface area contributed by atoms with Crippen molar-refractivity contribution in [1.29, 1.82) is 0 Å². The molecule has 0 bridgehead atoms. The molecule has 0 spiro atoms. The van der Waals surface area contributed by atoms with E-state index in [9.17, 15) is 38.4 Å². The number of carboxylic acid groups (broad SMARTS) is 1. The van der Waals surface area contributed by atoms with Gasteiger partial charge in [-0.25, -0.2) is 0 Å². The molecule has 0 aromatic carbocycles. The topological polar surface area (TPSA) is 319 Å². The SMILES string of the molecule is CC(=O)N[C@@H](C)C(=O)N[C@@H](CCCN=C(N)N)C(=O)N[C@H](C(=O)N[C@H](CC(C)C)[C@@H](C)C(=O)N[C@@H](CCC(=O)O)C(=O)N[C@@H](C)C(N)=O)C(C)C. The van der Waals surface area contributed by atoms with Gasteiger partial charge in [0.25, 0.3) is 0 Å². The molecule has 0 saturated heterocycles. The van der Waals surface area contributed by atoms with Crippen molar-refractivity contribution < 1.29 is 43.5 Å². The fraction of sp³-hybridized carbons (Fsp3) is 0.719. The van der Waals surface area contributed by atoms with Crippen LogP contribution in [0.1, 0.15) is 87.5 Å². The Balaban J connectivity index is 6.11. The normalized spacial score (nSPS) is 15.1. The number of guanidine groups is 1. The number of hydrogen-bond acceptors (Lipinski definition) is 9. The number of primary amides is 1. The number of carbonyl (C=O) groups excluding carboxylic acids is 7. The largest absolute Gasteiger partial charge is 0.481 e. The van der Waals surface area contributed by atoms with E-state index >= 15 is 0 Å². The standard InChI is InChI=1S/C32H58N10O9/c1-15(2)14-23(17(5)27(47)39-22(11-12-24(44)45)29(49)38-18(6)26(33)46)41-31(51)25(16(3)4)42-30(50)21(10-9-13-36-32(34)35)40-28(48)19(7)37-20(8)43/h15-19,21-23,25H,9-14H2,1-8H3,(H2,33,46)(H,37,43)(H,38,49)(H,39,47)(H,40,48)(H,41,51)(H,42,50)(H,44,45)(H4,34,35,36)/t17-,18+,19+,21+,22+,23-,25+/m1/s1. The first-order valence-corrected chi connectivity index (χ1v) is 16.9. The first-order valence-electron chi connectivity index (χ1n) is 16.9. The molecular formula is C32H58N10O9. The molecular weight excluding hydrogens is 668 g/mol. The lowest BCUT2D eigenvalue weighted by molar-refractivity contribution is -0.139. The van der Waals surface area contributed by atoms with E-state index in [0.717, 1.165) is 0 Å². The third kappa shape index (κ3) is 18.6. The number of nitrogens with zero attached hydrogens (tertiary/aromatic N) is 1. The second kappa shape index (κ2) is 22.7. The molecule has 0 saturated carbocycles. The predicted molar refractivity (Wildman–Crippen MR) is 188 cm³/mol. The first-order chi connectivity index (χ1) is 23.6. The summed E-state index contributed by atoms with van der Waals surface area (Å²) in [5.41, 5.74) is 16.0. The van der Waals surface area contributed by atoms with Gasteiger partial charge in [0.1, 0.15) is 30.2 Å². The van der Waals surface area contributed by atoms with E-state index < -0.39 is 102 Å².